The summed E-state index contributed by atoms with van der Waals surface area (Å²) in [5.74, 6) is 0.859. The molecule has 126 valence electrons. The highest BCUT2D eigenvalue weighted by atomic mass is 35.5. The van der Waals surface area contributed by atoms with Crippen LogP contribution in [0.15, 0.2) is 36.7 Å². The van der Waals surface area contributed by atoms with Gasteiger partial charge in [0.1, 0.15) is 17.0 Å². The summed E-state index contributed by atoms with van der Waals surface area (Å²) in [5.41, 5.74) is 9.12. The largest absolute Gasteiger partial charge is 0.383 e. The Balaban J connectivity index is 1.83. The lowest BCUT2D eigenvalue weighted by Gasteiger charge is -2.02. The average Bonchev–Trinajstić information content (AvgIpc) is 3.21. The van der Waals surface area contributed by atoms with Crippen LogP contribution in [0.25, 0.3) is 33.9 Å². The molecular weight excluding hydrogens is 340 g/mol. The number of nitrogen functional groups attached to an aromatic ring is 1. The number of imidazole rings is 1. The summed E-state index contributed by atoms with van der Waals surface area (Å²) in [6.45, 7) is 4.07. The van der Waals surface area contributed by atoms with Crippen LogP contribution in [0.1, 0.15) is 19.9 Å². The van der Waals surface area contributed by atoms with Crippen LogP contribution in [0.3, 0.4) is 0 Å². The Labute approximate surface area is 148 Å². The Morgan fingerprint density at radius 1 is 1.12 bits per heavy atom. The van der Waals surface area contributed by atoms with Gasteiger partial charge in [0, 0.05) is 24.0 Å². The average molecular weight is 355 g/mol. The summed E-state index contributed by atoms with van der Waals surface area (Å²) >= 11 is 6.45. The van der Waals surface area contributed by atoms with E-state index in [1.165, 1.54) is 4.09 Å². The standard InChI is InChI=1S/C16H15ClN8/c1-9(2)24-8-13(22-23-24)11-5-6-12-16(20-11)25(17)15(21-12)10-4-3-7-19-14(10)18/h3-9H,1-2H3,(H2,18,19). The van der Waals surface area contributed by atoms with E-state index in [4.69, 9.17) is 17.5 Å². The van der Waals surface area contributed by atoms with E-state index in [1.807, 2.05) is 38.2 Å². The van der Waals surface area contributed by atoms with Gasteiger partial charge < -0.3 is 5.73 Å². The van der Waals surface area contributed by atoms with Gasteiger partial charge >= 0.3 is 0 Å². The van der Waals surface area contributed by atoms with E-state index in [0.29, 0.717) is 39.8 Å². The SMILES string of the molecule is CC(C)n1cc(-c2ccc3nc(-c4cccnc4N)n(Cl)c3n2)nn1. The van der Waals surface area contributed by atoms with E-state index in [9.17, 15) is 0 Å². The highest BCUT2D eigenvalue weighted by molar-refractivity contribution is 6.20. The third kappa shape index (κ3) is 2.60. The number of hydrogen-bond acceptors (Lipinski definition) is 6. The van der Waals surface area contributed by atoms with Crippen LogP contribution in [-0.4, -0.2) is 34.0 Å². The Morgan fingerprint density at radius 3 is 2.68 bits per heavy atom. The number of fused-ring (bicyclic) bond motifs is 1. The van der Waals surface area contributed by atoms with Gasteiger partial charge in [-0.3, -0.25) is 0 Å². The molecule has 0 aromatic carbocycles. The molecule has 2 N–H and O–H groups in total. The van der Waals surface area contributed by atoms with Crippen molar-refractivity contribution < 1.29 is 0 Å². The first kappa shape index (κ1) is 15.5. The first-order valence-corrected chi connectivity index (χ1v) is 8.07. The lowest BCUT2D eigenvalue weighted by molar-refractivity contribution is 0.514. The summed E-state index contributed by atoms with van der Waals surface area (Å²) < 4.78 is 3.17. The molecule has 0 amide bonds. The second-order valence-electron chi connectivity index (χ2n) is 5.87. The molecule has 0 atom stereocenters. The van der Waals surface area contributed by atoms with E-state index in [-0.39, 0.29) is 6.04 Å². The van der Waals surface area contributed by atoms with Crippen LogP contribution in [0.4, 0.5) is 5.82 Å². The van der Waals surface area contributed by atoms with Gasteiger partial charge in [-0.05, 0) is 38.1 Å². The van der Waals surface area contributed by atoms with Crippen molar-refractivity contribution in [3.8, 4) is 22.8 Å². The van der Waals surface area contributed by atoms with E-state index in [2.05, 4.69) is 25.3 Å². The Kier molecular flexibility index (Phi) is 3.61. The summed E-state index contributed by atoms with van der Waals surface area (Å²) in [6, 6.07) is 7.52. The Bertz CT molecular complexity index is 1070. The number of pyridine rings is 2. The number of rotatable bonds is 3. The molecule has 0 aliphatic heterocycles. The van der Waals surface area contributed by atoms with Gasteiger partial charge in [-0.15, -0.1) is 5.10 Å². The molecule has 8 nitrogen and oxygen atoms in total. The lowest BCUT2D eigenvalue weighted by atomic mass is 10.2. The van der Waals surface area contributed by atoms with Gasteiger partial charge in [0.05, 0.1) is 17.5 Å². The van der Waals surface area contributed by atoms with Crippen LogP contribution < -0.4 is 5.73 Å². The molecule has 0 spiro atoms. The Morgan fingerprint density at radius 2 is 1.96 bits per heavy atom. The molecule has 0 saturated heterocycles. The molecule has 0 saturated carbocycles. The van der Waals surface area contributed by atoms with Crippen molar-refractivity contribution in [1.82, 2.24) is 34.0 Å². The molecule has 4 rings (SSSR count). The summed E-state index contributed by atoms with van der Waals surface area (Å²) in [5, 5.41) is 8.28. The smallest absolute Gasteiger partial charge is 0.176 e. The van der Waals surface area contributed by atoms with E-state index < -0.39 is 0 Å². The van der Waals surface area contributed by atoms with Crippen LogP contribution >= 0.6 is 11.8 Å². The van der Waals surface area contributed by atoms with Gasteiger partial charge in [0.15, 0.2) is 11.5 Å². The third-order valence-electron chi connectivity index (χ3n) is 3.83. The molecule has 4 heterocycles. The number of nitrogens with zero attached hydrogens (tertiary/aromatic N) is 7. The lowest BCUT2D eigenvalue weighted by Crippen LogP contribution is -2.00. The van der Waals surface area contributed by atoms with Crippen LogP contribution in [0.2, 0.25) is 0 Å². The molecule has 0 bridgehead atoms. The van der Waals surface area contributed by atoms with Crippen molar-refractivity contribution in [1.29, 1.82) is 0 Å². The number of nitrogens with two attached hydrogens (primary N) is 1. The number of hydrogen-bond donors (Lipinski definition) is 1. The van der Waals surface area contributed by atoms with Gasteiger partial charge in [0.2, 0.25) is 0 Å². The van der Waals surface area contributed by atoms with E-state index in [0.717, 1.165) is 0 Å². The second-order valence-corrected chi connectivity index (χ2v) is 6.21. The van der Waals surface area contributed by atoms with E-state index in [1.54, 1.807) is 16.9 Å². The van der Waals surface area contributed by atoms with Crippen molar-refractivity contribution in [2.75, 3.05) is 5.73 Å². The predicted molar refractivity (Wildman–Crippen MR) is 95.8 cm³/mol. The minimum atomic E-state index is 0.226. The van der Waals surface area contributed by atoms with Crippen molar-refractivity contribution in [3.63, 3.8) is 0 Å². The number of anilines is 1. The third-order valence-corrected chi connectivity index (χ3v) is 4.15. The quantitative estimate of drug-likeness (QED) is 0.607. The fraction of sp³-hybridized carbons (Fsp3) is 0.188. The van der Waals surface area contributed by atoms with Gasteiger partial charge in [-0.25, -0.2) is 23.7 Å². The minimum absolute atomic E-state index is 0.226. The fourth-order valence-electron chi connectivity index (χ4n) is 2.49. The molecule has 0 aliphatic carbocycles. The molecule has 9 heteroatoms. The molecule has 0 fully saturated rings. The zero-order valence-electron chi connectivity index (χ0n) is 13.6. The zero-order valence-corrected chi connectivity index (χ0v) is 14.4. The zero-order chi connectivity index (χ0) is 17.6. The summed E-state index contributed by atoms with van der Waals surface area (Å²) in [7, 11) is 0. The first-order valence-electron chi connectivity index (χ1n) is 7.73. The predicted octanol–water partition coefficient (Wildman–Crippen LogP) is 2.92. The van der Waals surface area contributed by atoms with Gasteiger partial charge in [0.25, 0.3) is 0 Å². The van der Waals surface area contributed by atoms with Crippen LogP contribution in [0.5, 0.6) is 0 Å². The van der Waals surface area contributed by atoms with Crippen LogP contribution in [-0.2, 0) is 0 Å². The second kappa shape index (κ2) is 5.82. The highest BCUT2D eigenvalue weighted by Gasteiger charge is 2.17. The monoisotopic (exact) mass is 354 g/mol. The number of aromatic nitrogens is 7. The summed E-state index contributed by atoms with van der Waals surface area (Å²) in [4.78, 5) is 13.2. The van der Waals surface area contributed by atoms with Gasteiger partial charge in [-0.2, -0.15) is 0 Å². The van der Waals surface area contributed by atoms with E-state index >= 15 is 0 Å². The van der Waals surface area contributed by atoms with Crippen molar-refractivity contribution in [3.05, 3.63) is 36.7 Å². The fourth-order valence-corrected chi connectivity index (χ4v) is 2.75. The maximum Gasteiger partial charge on any atom is 0.176 e. The molecule has 4 aromatic heterocycles. The topological polar surface area (TPSA) is 100 Å². The molecule has 0 aliphatic rings. The highest BCUT2D eigenvalue weighted by Crippen LogP contribution is 2.29. The van der Waals surface area contributed by atoms with Crippen LogP contribution in [0, 0.1) is 0 Å². The molecule has 25 heavy (non-hydrogen) atoms. The van der Waals surface area contributed by atoms with Gasteiger partial charge in [-0.1, -0.05) is 5.21 Å². The molecule has 0 radical (unpaired) electrons. The normalized spacial score (nSPS) is 11.5. The molecule has 0 unspecified atom stereocenters. The minimum Gasteiger partial charge on any atom is -0.383 e. The molecular formula is C16H15ClN8. The first-order chi connectivity index (χ1) is 12.0. The maximum absolute atomic E-state index is 6.45. The van der Waals surface area contributed by atoms with Crippen molar-refractivity contribution in [2.45, 2.75) is 19.9 Å². The number of halogens is 1. The van der Waals surface area contributed by atoms with Crippen molar-refractivity contribution >= 4 is 28.8 Å². The van der Waals surface area contributed by atoms with Crippen molar-refractivity contribution in [2.24, 2.45) is 0 Å². The molecule has 4 aromatic rings. The Hall–Kier alpha value is -3.00. The maximum atomic E-state index is 6.45. The summed E-state index contributed by atoms with van der Waals surface area (Å²) in [6.07, 6.45) is 3.47.